The highest BCUT2D eigenvalue weighted by Gasteiger charge is 2.13. The number of amides is 1. The van der Waals surface area contributed by atoms with Crippen molar-refractivity contribution in [2.75, 3.05) is 12.4 Å². The van der Waals surface area contributed by atoms with Crippen LogP contribution in [0.5, 0.6) is 0 Å². The first-order valence-electron chi connectivity index (χ1n) is 6.71. The lowest BCUT2D eigenvalue weighted by molar-refractivity contribution is 0.0600. The average Bonchev–Trinajstić information content (AvgIpc) is 3.00. The second-order valence-corrected chi connectivity index (χ2v) is 4.76. The summed E-state index contributed by atoms with van der Waals surface area (Å²) in [5.74, 6) is -1.24. The van der Waals surface area contributed by atoms with E-state index in [-0.39, 0.29) is 17.1 Å². The van der Waals surface area contributed by atoms with E-state index in [0.29, 0.717) is 10.9 Å². The van der Waals surface area contributed by atoms with Gasteiger partial charge in [0, 0.05) is 17.1 Å². The fraction of sp³-hybridized carbons (Fsp3) is 0.0625. The fourth-order valence-corrected chi connectivity index (χ4v) is 2.17. The van der Waals surface area contributed by atoms with Crippen molar-refractivity contribution in [2.45, 2.75) is 0 Å². The van der Waals surface area contributed by atoms with E-state index < -0.39 is 17.7 Å². The third kappa shape index (κ3) is 2.89. The van der Waals surface area contributed by atoms with Gasteiger partial charge in [0.15, 0.2) is 0 Å². The quantitative estimate of drug-likeness (QED) is 0.728. The van der Waals surface area contributed by atoms with Gasteiger partial charge in [0.2, 0.25) is 0 Å². The third-order valence-corrected chi connectivity index (χ3v) is 3.28. The van der Waals surface area contributed by atoms with E-state index in [1.165, 1.54) is 37.6 Å². The molecule has 0 unspecified atom stereocenters. The molecule has 3 rings (SSSR count). The number of ether oxygens (including phenoxy) is 1. The summed E-state index contributed by atoms with van der Waals surface area (Å²) in [5, 5.41) is 2.87. The number of H-pyrrole nitrogens is 1. The van der Waals surface area contributed by atoms with E-state index in [4.69, 9.17) is 0 Å². The molecule has 0 radical (unpaired) electrons. The first kappa shape index (κ1) is 14.7. The van der Waals surface area contributed by atoms with Crippen LogP contribution in [0.2, 0.25) is 0 Å². The number of pyridine rings is 1. The number of carbonyl (C=O) groups excluding carboxylic acids is 2. The Labute approximate surface area is 130 Å². The number of benzene rings is 1. The lowest BCUT2D eigenvalue weighted by Crippen LogP contribution is -2.14. The summed E-state index contributed by atoms with van der Waals surface area (Å²) in [6.45, 7) is 0. The van der Waals surface area contributed by atoms with E-state index >= 15 is 0 Å². The highest BCUT2D eigenvalue weighted by molar-refractivity contribution is 6.06. The minimum atomic E-state index is -0.532. The van der Waals surface area contributed by atoms with Crippen LogP contribution in [0.15, 0.2) is 42.6 Å². The Balaban J connectivity index is 1.86. The monoisotopic (exact) mass is 313 g/mol. The SMILES string of the molecule is COC(=O)c1ccnc(NC(=O)c2cc3c(F)cccc3[nH]2)c1. The molecular formula is C16H12FN3O3. The van der Waals surface area contributed by atoms with Crippen LogP contribution in [0.3, 0.4) is 0 Å². The molecule has 0 saturated carbocycles. The van der Waals surface area contributed by atoms with Gasteiger partial charge in [-0.3, -0.25) is 4.79 Å². The van der Waals surface area contributed by atoms with Crippen molar-refractivity contribution in [2.24, 2.45) is 0 Å². The van der Waals surface area contributed by atoms with Crippen molar-refractivity contribution in [3.63, 3.8) is 0 Å². The molecule has 2 N–H and O–H groups in total. The molecule has 0 bridgehead atoms. The fourth-order valence-electron chi connectivity index (χ4n) is 2.17. The number of nitrogens with one attached hydrogen (secondary N) is 2. The second-order valence-electron chi connectivity index (χ2n) is 4.76. The number of rotatable bonds is 3. The smallest absolute Gasteiger partial charge is 0.338 e. The van der Waals surface area contributed by atoms with Crippen LogP contribution in [0.4, 0.5) is 10.2 Å². The van der Waals surface area contributed by atoms with Gasteiger partial charge in [-0.1, -0.05) is 6.07 Å². The topological polar surface area (TPSA) is 84.1 Å². The van der Waals surface area contributed by atoms with E-state index in [9.17, 15) is 14.0 Å². The van der Waals surface area contributed by atoms with Crippen LogP contribution in [-0.4, -0.2) is 29.0 Å². The van der Waals surface area contributed by atoms with Crippen LogP contribution in [-0.2, 0) is 4.74 Å². The molecule has 23 heavy (non-hydrogen) atoms. The Morgan fingerprint density at radius 1 is 1.26 bits per heavy atom. The predicted octanol–water partition coefficient (Wildman–Crippen LogP) is 2.74. The maximum Gasteiger partial charge on any atom is 0.338 e. The molecule has 0 aliphatic heterocycles. The van der Waals surface area contributed by atoms with Gasteiger partial charge < -0.3 is 15.0 Å². The summed E-state index contributed by atoms with van der Waals surface area (Å²) in [7, 11) is 1.26. The average molecular weight is 313 g/mol. The summed E-state index contributed by atoms with van der Waals surface area (Å²) in [4.78, 5) is 30.5. The summed E-state index contributed by atoms with van der Waals surface area (Å²) in [6.07, 6.45) is 1.38. The number of anilines is 1. The molecule has 1 amide bonds. The number of carbonyl (C=O) groups is 2. The molecule has 0 spiro atoms. The Kier molecular flexibility index (Phi) is 3.76. The van der Waals surface area contributed by atoms with Gasteiger partial charge in [-0.05, 0) is 30.3 Å². The number of halogens is 1. The Bertz CT molecular complexity index is 904. The number of aromatic amines is 1. The summed E-state index contributed by atoms with van der Waals surface area (Å²) in [6, 6.07) is 8.83. The zero-order chi connectivity index (χ0) is 16.4. The minimum Gasteiger partial charge on any atom is -0.465 e. The van der Waals surface area contributed by atoms with Crippen LogP contribution in [0.1, 0.15) is 20.8 Å². The number of fused-ring (bicyclic) bond motifs is 1. The molecule has 0 fully saturated rings. The van der Waals surface area contributed by atoms with Crippen molar-refractivity contribution < 1.29 is 18.7 Å². The van der Waals surface area contributed by atoms with Gasteiger partial charge in [-0.25, -0.2) is 14.2 Å². The lowest BCUT2D eigenvalue weighted by atomic mass is 10.2. The zero-order valence-corrected chi connectivity index (χ0v) is 12.1. The number of methoxy groups -OCH3 is 1. The third-order valence-electron chi connectivity index (χ3n) is 3.28. The molecule has 0 atom stereocenters. The molecule has 3 aromatic rings. The molecule has 0 aliphatic carbocycles. The van der Waals surface area contributed by atoms with Crippen molar-refractivity contribution in [1.82, 2.24) is 9.97 Å². The van der Waals surface area contributed by atoms with E-state index in [1.807, 2.05) is 0 Å². The van der Waals surface area contributed by atoms with E-state index in [1.54, 1.807) is 12.1 Å². The Hall–Kier alpha value is -3.22. The zero-order valence-electron chi connectivity index (χ0n) is 12.1. The number of aromatic nitrogens is 2. The standard InChI is InChI=1S/C16H12FN3O3/c1-23-16(22)9-5-6-18-14(7-9)20-15(21)13-8-10-11(17)3-2-4-12(10)19-13/h2-8,19H,1H3,(H,18,20,21). The Morgan fingerprint density at radius 3 is 2.83 bits per heavy atom. The maximum atomic E-state index is 13.7. The summed E-state index contributed by atoms with van der Waals surface area (Å²) >= 11 is 0. The molecule has 0 aliphatic rings. The van der Waals surface area contributed by atoms with Crippen molar-refractivity contribution >= 4 is 28.6 Å². The second kappa shape index (κ2) is 5.88. The van der Waals surface area contributed by atoms with Crippen LogP contribution >= 0.6 is 0 Å². The number of hydrogen-bond donors (Lipinski definition) is 2. The molecule has 0 saturated heterocycles. The van der Waals surface area contributed by atoms with E-state index in [0.717, 1.165) is 0 Å². The van der Waals surface area contributed by atoms with Gasteiger partial charge in [0.1, 0.15) is 17.3 Å². The van der Waals surface area contributed by atoms with Gasteiger partial charge in [0.05, 0.1) is 12.7 Å². The maximum absolute atomic E-state index is 13.7. The summed E-state index contributed by atoms with van der Waals surface area (Å²) in [5.41, 5.74) is 0.974. The first-order chi connectivity index (χ1) is 11.1. The summed E-state index contributed by atoms with van der Waals surface area (Å²) < 4.78 is 18.3. The molecule has 7 heteroatoms. The van der Waals surface area contributed by atoms with Gasteiger partial charge in [-0.2, -0.15) is 0 Å². The van der Waals surface area contributed by atoms with Crippen LogP contribution < -0.4 is 5.32 Å². The minimum absolute atomic E-state index is 0.190. The van der Waals surface area contributed by atoms with Gasteiger partial charge in [0.25, 0.3) is 5.91 Å². The van der Waals surface area contributed by atoms with Crippen molar-refractivity contribution in [3.05, 3.63) is 59.7 Å². The molecule has 1 aromatic carbocycles. The number of hydrogen-bond acceptors (Lipinski definition) is 4. The van der Waals surface area contributed by atoms with Gasteiger partial charge in [-0.15, -0.1) is 0 Å². The predicted molar refractivity (Wildman–Crippen MR) is 81.8 cm³/mol. The first-order valence-corrected chi connectivity index (χ1v) is 6.71. The van der Waals surface area contributed by atoms with Crippen LogP contribution in [0.25, 0.3) is 10.9 Å². The van der Waals surface area contributed by atoms with Crippen molar-refractivity contribution in [1.29, 1.82) is 0 Å². The highest BCUT2D eigenvalue weighted by atomic mass is 19.1. The number of esters is 1. The van der Waals surface area contributed by atoms with Crippen LogP contribution in [0, 0.1) is 5.82 Å². The van der Waals surface area contributed by atoms with Crippen molar-refractivity contribution in [3.8, 4) is 0 Å². The molecule has 6 nitrogen and oxygen atoms in total. The molecule has 116 valence electrons. The lowest BCUT2D eigenvalue weighted by Gasteiger charge is -2.04. The molecule has 2 heterocycles. The number of nitrogens with zero attached hydrogens (tertiary/aromatic N) is 1. The van der Waals surface area contributed by atoms with Gasteiger partial charge >= 0.3 is 5.97 Å². The largest absolute Gasteiger partial charge is 0.465 e. The molecular weight excluding hydrogens is 301 g/mol. The molecule has 2 aromatic heterocycles. The normalized spacial score (nSPS) is 10.5. The highest BCUT2D eigenvalue weighted by Crippen LogP contribution is 2.19. The Morgan fingerprint density at radius 2 is 2.09 bits per heavy atom. The van der Waals surface area contributed by atoms with E-state index in [2.05, 4.69) is 20.0 Å².